The number of nitrogens with one attached hydrogen (secondary N) is 2. The average molecular weight is 340 g/mol. The van der Waals surface area contributed by atoms with Crippen LogP contribution in [-0.2, 0) is 28.9 Å². The molecule has 0 atom stereocenters. The smallest absolute Gasteiger partial charge is 0.224 e. The van der Waals surface area contributed by atoms with Crippen molar-refractivity contribution >= 4 is 17.5 Å². The van der Waals surface area contributed by atoms with Gasteiger partial charge in [-0.2, -0.15) is 0 Å². The average Bonchev–Trinajstić information content (AvgIpc) is 2.61. The molecule has 0 spiro atoms. The Kier molecular flexibility index (Phi) is 5.43. The zero-order valence-corrected chi connectivity index (χ0v) is 14.0. The monoisotopic (exact) mass is 340 g/mol. The summed E-state index contributed by atoms with van der Waals surface area (Å²) in [5, 5.41) is 5.78. The van der Waals surface area contributed by atoms with Gasteiger partial charge in [-0.3, -0.25) is 9.59 Å². The fourth-order valence-electron chi connectivity index (χ4n) is 2.94. The zero-order chi connectivity index (χ0) is 17.6. The largest absolute Gasteiger partial charge is 0.356 e. The van der Waals surface area contributed by atoms with Crippen LogP contribution in [0.2, 0.25) is 0 Å². The minimum absolute atomic E-state index is 0.00505. The van der Waals surface area contributed by atoms with E-state index in [4.69, 9.17) is 0 Å². The van der Waals surface area contributed by atoms with Crippen molar-refractivity contribution in [2.24, 2.45) is 0 Å². The van der Waals surface area contributed by atoms with Crippen LogP contribution in [0.5, 0.6) is 0 Å². The third kappa shape index (κ3) is 4.89. The number of carbonyl (C=O) groups is 2. The van der Waals surface area contributed by atoms with Crippen LogP contribution in [0.15, 0.2) is 42.5 Å². The minimum Gasteiger partial charge on any atom is -0.356 e. The van der Waals surface area contributed by atoms with Gasteiger partial charge in [-0.25, -0.2) is 4.39 Å². The molecule has 2 N–H and O–H groups in total. The highest BCUT2D eigenvalue weighted by molar-refractivity contribution is 5.93. The minimum atomic E-state index is -0.266. The van der Waals surface area contributed by atoms with Gasteiger partial charge in [0.1, 0.15) is 5.82 Å². The number of anilines is 1. The Labute approximate surface area is 146 Å². The second kappa shape index (κ2) is 7.92. The Hall–Kier alpha value is -2.69. The van der Waals surface area contributed by atoms with Crippen LogP contribution in [0.4, 0.5) is 10.1 Å². The van der Waals surface area contributed by atoms with Gasteiger partial charge in [-0.1, -0.05) is 24.3 Å². The molecular formula is C20H21FN2O2. The Morgan fingerprint density at radius 1 is 1.04 bits per heavy atom. The fourth-order valence-corrected chi connectivity index (χ4v) is 2.94. The second-order valence-electron chi connectivity index (χ2n) is 6.27. The molecule has 1 aliphatic rings. The number of hydrogen-bond donors (Lipinski definition) is 2. The molecular weight excluding hydrogens is 319 g/mol. The summed E-state index contributed by atoms with van der Waals surface area (Å²) in [5.74, 6) is -0.207. The lowest BCUT2D eigenvalue weighted by Gasteiger charge is -2.17. The molecule has 130 valence electrons. The number of hydrogen-bond acceptors (Lipinski definition) is 2. The molecule has 2 amide bonds. The molecule has 4 nitrogen and oxygen atoms in total. The number of carbonyl (C=O) groups excluding carboxylic acids is 2. The van der Waals surface area contributed by atoms with Gasteiger partial charge in [0.25, 0.3) is 0 Å². The van der Waals surface area contributed by atoms with Gasteiger partial charge >= 0.3 is 0 Å². The van der Waals surface area contributed by atoms with Gasteiger partial charge in [-0.05, 0) is 54.2 Å². The summed E-state index contributed by atoms with van der Waals surface area (Å²) in [4.78, 5) is 23.3. The predicted molar refractivity (Wildman–Crippen MR) is 94.8 cm³/mol. The quantitative estimate of drug-likeness (QED) is 0.849. The summed E-state index contributed by atoms with van der Waals surface area (Å²) in [5.41, 5.74) is 4.14. The van der Waals surface area contributed by atoms with Crippen LogP contribution < -0.4 is 10.6 Å². The highest BCUT2D eigenvalue weighted by Crippen LogP contribution is 2.23. The van der Waals surface area contributed by atoms with Crippen molar-refractivity contribution in [3.63, 3.8) is 0 Å². The topological polar surface area (TPSA) is 58.2 Å². The van der Waals surface area contributed by atoms with Crippen molar-refractivity contribution in [1.82, 2.24) is 5.32 Å². The summed E-state index contributed by atoms with van der Waals surface area (Å²) in [6.07, 6.45) is 3.03. The summed E-state index contributed by atoms with van der Waals surface area (Å²) in [6, 6.07) is 12.2. The molecule has 0 radical (unpaired) electrons. The number of fused-ring (bicyclic) bond motifs is 1. The lowest BCUT2D eigenvalue weighted by Crippen LogP contribution is -2.26. The number of rotatable bonds is 6. The van der Waals surface area contributed by atoms with E-state index in [1.807, 2.05) is 12.1 Å². The molecule has 1 heterocycles. The van der Waals surface area contributed by atoms with Crippen molar-refractivity contribution in [3.05, 3.63) is 65.0 Å². The molecule has 0 unspecified atom stereocenters. The molecule has 0 saturated carbocycles. The van der Waals surface area contributed by atoms with Gasteiger partial charge < -0.3 is 10.6 Å². The third-order valence-corrected chi connectivity index (χ3v) is 4.35. The van der Waals surface area contributed by atoms with Crippen molar-refractivity contribution in [2.75, 3.05) is 11.9 Å². The van der Waals surface area contributed by atoms with Crippen LogP contribution in [0.3, 0.4) is 0 Å². The summed E-state index contributed by atoms with van der Waals surface area (Å²) < 4.78 is 12.8. The van der Waals surface area contributed by atoms with E-state index < -0.39 is 0 Å². The van der Waals surface area contributed by atoms with E-state index in [2.05, 4.69) is 16.7 Å². The van der Waals surface area contributed by atoms with Gasteiger partial charge in [0.2, 0.25) is 11.8 Å². The standard InChI is InChI=1S/C20H21FN2O2/c21-17-6-1-14(2-7-17)4-9-19(24)22-12-11-15-3-8-18-16(13-15)5-10-20(25)23-18/h1-3,6-8,13H,4-5,9-12H2,(H,22,24)(H,23,25). The second-order valence-corrected chi connectivity index (χ2v) is 6.27. The van der Waals surface area contributed by atoms with Crippen LogP contribution in [-0.4, -0.2) is 18.4 Å². The predicted octanol–water partition coefficient (Wildman–Crippen LogP) is 3.00. The Bertz CT molecular complexity index is 772. The normalized spacial score (nSPS) is 13.1. The van der Waals surface area contributed by atoms with Crippen molar-refractivity contribution in [1.29, 1.82) is 0 Å². The molecule has 25 heavy (non-hydrogen) atoms. The number of benzene rings is 2. The maximum atomic E-state index is 12.8. The van der Waals surface area contributed by atoms with E-state index in [1.54, 1.807) is 12.1 Å². The van der Waals surface area contributed by atoms with Gasteiger partial charge in [0, 0.05) is 25.1 Å². The van der Waals surface area contributed by atoms with Crippen LogP contribution >= 0.6 is 0 Å². The lowest BCUT2D eigenvalue weighted by molar-refractivity contribution is -0.121. The summed E-state index contributed by atoms with van der Waals surface area (Å²) in [6.45, 7) is 0.577. The fraction of sp³-hybridized carbons (Fsp3) is 0.300. The number of amides is 2. The SMILES string of the molecule is O=C(CCc1ccc(F)cc1)NCCc1ccc2c(c1)CCC(=O)N2. The molecule has 5 heteroatoms. The van der Waals surface area contributed by atoms with Gasteiger partial charge in [-0.15, -0.1) is 0 Å². The van der Waals surface area contributed by atoms with Crippen LogP contribution in [0, 0.1) is 5.82 Å². The maximum Gasteiger partial charge on any atom is 0.224 e. The molecule has 0 saturated heterocycles. The van der Waals surface area contributed by atoms with Crippen molar-refractivity contribution < 1.29 is 14.0 Å². The molecule has 0 aromatic heterocycles. The summed E-state index contributed by atoms with van der Waals surface area (Å²) in [7, 11) is 0. The highest BCUT2D eigenvalue weighted by Gasteiger charge is 2.14. The molecule has 3 rings (SSSR count). The lowest BCUT2D eigenvalue weighted by atomic mass is 9.99. The molecule has 2 aromatic carbocycles. The highest BCUT2D eigenvalue weighted by atomic mass is 19.1. The first-order chi connectivity index (χ1) is 12.1. The van der Waals surface area contributed by atoms with Crippen molar-refractivity contribution in [3.8, 4) is 0 Å². The summed E-state index contributed by atoms with van der Waals surface area (Å²) >= 11 is 0. The Morgan fingerprint density at radius 3 is 2.60 bits per heavy atom. The van der Waals surface area contributed by atoms with E-state index >= 15 is 0 Å². The van der Waals surface area contributed by atoms with E-state index in [1.165, 1.54) is 12.1 Å². The van der Waals surface area contributed by atoms with E-state index in [9.17, 15) is 14.0 Å². The molecule has 1 aliphatic heterocycles. The van der Waals surface area contributed by atoms with E-state index in [0.29, 0.717) is 25.8 Å². The van der Waals surface area contributed by atoms with Crippen molar-refractivity contribution in [2.45, 2.75) is 32.1 Å². The Morgan fingerprint density at radius 2 is 1.80 bits per heavy atom. The zero-order valence-electron chi connectivity index (χ0n) is 14.0. The van der Waals surface area contributed by atoms with Crippen LogP contribution in [0.1, 0.15) is 29.5 Å². The molecule has 0 aliphatic carbocycles. The van der Waals surface area contributed by atoms with E-state index in [0.717, 1.165) is 35.2 Å². The molecule has 2 aromatic rings. The third-order valence-electron chi connectivity index (χ3n) is 4.35. The first-order valence-corrected chi connectivity index (χ1v) is 8.53. The molecule has 0 fully saturated rings. The molecule has 0 bridgehead atoms. The number of halogens is 1. The first-order valence-electron chi connectivity index (χ1n) is 8.53. The number of aryl methyl sites for hydroxylation is 2. The maximum absolute atomic E-state index is 12.8. The van der Waals surface area contributed by atoms with Gasteiger partial charge in [0.05, 0.1) is 0 Å². The first kappa shape index (κ1) is 17.1. The van der Waals surface area contributed by atoms with E-state index in [-0.39, 0.29) is 17.6 Å². The van der Waals surface area contributed by atoms with Gasteiger partial charge in [0.15, 0.2) is 0 Å². The van der Waals surface area contributed by atoms with Crippen LogP contribution in [0.25, 0.3) is 0 Å². The Balaban J connectivity index is 1.42.